The fourth-order valence-electron chi connectivity index (χ4n) is 1.85. The van der Waals surface area contributed by atoms with Crippen LogP contribution in [0.15, 0.2) is 59.9 Å². The number of nitrogens with zero attached hydrogens (tertiary/aromatic N) is 3. The molecule has 0 spiro atoms. The summed E-state index contributed by atoms with van der Waals surface area (Å²) in [5.74, 6) is -2.58. The van der Waals surface area contributed by atoms with Gasteiger partial charge in [-0.05, 0) is 30.3 Å². The summed E-state index contributed by atoms with van der Waals surface area (Å²) in [5, 5.41) is 6.41. The maximum absolute atomic E-state index is 13.2. The van der Waals surface area contributed by atoms with Gasteiger partial charge in [-0.1, -0.05) is 6.07 Å². The fraction of sp³-hybridized carbons (Fsp3) is 0. The van der Waals surface area contributed by atoms with Gasteiger partial charge in [-0.15, -0.1) is 0 Å². The second kappa shape index (κ2) is 6.67. The van der Waals surface area contributed by atoms with Gasteiger partial charge in [-0.3, -0.25) is 9.78 Å². The van der Waals surface area contributed by atoms with Crippen LogP contribution in [0.1, 0.15) is 10.5 Å². The number of rotatable bonds is 4. The summed E-state index contributed by atoms with van der Waals surface area (Å²) in [6.45, 7) is 0. The molecule has 3 aromatic rings. The van der Waals surface area contributed by atoms with Crippen molar-refractivity contribution in [3.8, 4) is 0 Å². The molecule has 0 radical (unpaired) electrons. The van der Waals surface area contributed by atoms with E-state index in [1.165, 1.54) is 24.7 Å². The summed E-state index contributed by atoms with van der Waals surface area (Å²) in [4.78, 5) is 15.9. The zero-order valence-electron chi connectivity index (χ0n) is 12.0. The average molecular weight is 348 g/mol. The highest BCUT2D eigenvalue weighted by Gasteiger charge is 2.13. The van der Waals surface area contributed by atoms with Crippen molar-refractivity contribution >= 4 is 22.6 Å². The number of pyridine rings is 1. The summed E-state index contributed by atoms with van der Waals surface area (Å²) in [6.07, 6.45) is 4.09. The predicted molar refractivity (Wildman–Crippen MR) is 82.6 cm³/mol. The van der Waals surface area contributed by atoms with E-state index in [2.05, 4.69) is 15.4 Å². The van der Waals surface area contributed by atoms with Gasteiger partial charge in [0.05, 0.1) is 23.0 Å². The lowest BCUT2D eigenvalue weighted by Gasteiger charge is -2.03. The third-order valence-electron chi connectivity index (χ3n) is 2.98. The van der Waals surface area contributed by atoms with Gasteiger partial charge < -0.3 is 5.32 Å². The molecule has 0 aliphatic carbocycles. The number of hydrogen-bond acceptors (Lipinski definition) is 4. The lowest BCUT2D eigenvalue weighted by atomic mass is 10.3. The highest BCUT2D eigenvalue weighted by molar-refractivity contribution is 7.83. The van der Waals surface area contributed by atoms with Crippen LogP contribution < -0.4 is 5.32 Å². The Morgan fingerprint density at radius 3 is 2.71 bits per heavy atom. The van der Waals surface area contributed by atoms with Crippen LogP contribution in [0.4, 0.5) is 14.5 Å². The number of hydrogen-bond donors (Lipinski definition) is 1. The molecule has 1 atom stereocenters. The molecule has 1 aromatic carbocycles. The van der Waals surface area contributed by atoms with Gasteiger partial charge in [-0.2, -0.15) is 9.19 Å². The number of aromatic nitrogens is 3. The largest absolute Gasteiger partial charge is 0.318 e. The highest BCUT2D eigenvalue weighted by atomic mass is 32.2. The Morgan fingerprint density at radius 1 is 1.17 bits per heavy atom. The van der Waals surface area contributed by atoms with Crippen LogP contribution in [0.3, 0.4) is 0 Å². The Kier molecular flexibility index (Phi) is 4.43. The van der Waals surface area contributed by atoms with Crippen LogP contribution in [-0.4, -0.2) is 24.3 Å². The molecule has 0 bridgehead atoms. The molecule has 1 unspecified atom stereocenters. The quantitative estimate of drug-likeness (QED) is 0.785. The van der Waals surface area contributed by atoms with Gasteiger partial charge >= 0.3 is 0 Å². The van der Waals surface area contributed by atoms with Crippen LogP contribution in [0, 0.1) is 11.6 Å². The van der Waals surface area contributed by atoms with Crippen LogP contribution in [-0.2, 0) is 11.0 Å². The van der Waals surface area contributed by atoms with Gasteiger partial charge in [-0.25, -0.2) is 13.0 Å². The van der Waals surface area contributed by atoms with E-state index in [9.17, 15) is 17.8 Å². The monoisotopic (exact) mass is 348 g/mol. The first-order valence-corrected chi connectivity index (χ1v) is 7.79. The first-order chi connectivity index (χ1) is 11.5. The molecule has 0 saturated carbocycles. The molecule has 1 N–H and O–H groups in total. The van der Waals surface area contributed by atoms with E-state index < -0.39 is 28.5 Å². The predicted octanol–water partition coefficient (Wildman–Crippen LogP) is 2.38. The summed E-state index contributed by atoms with van der Waals surface area (Å²) < 4.78 is 39.4. The third kappa shape index (κ3) is 3.35. The summed E-state index contributed by atoms with van der Waals surface area (Å²) in [5.41, 5.74) is 0.508. The van der Waals surface area contributed by atoms with E-state index in [-0.39, 0.29) is 10.6 Å². The number of carbonyl (C=O) groups excluding carboxylic acids is 1. The second-order valence-electron chi connectivity index (χ2n) is 4.63. The molecule has 9 heteroatoms. The standard InChI is InChI=1S/C15H10F2N4O2S/c16-12-5-4-11(7-13(12)17)24(23)21-9-10(8-19-21)20-15(22)14-3-1-2-6-18-14/h1-9H,(H,20,22). The lowest BCUT2D eigenvalue weighted by Crippen LogP contribution is -2.13. The van der Waals surface area contributed by atoms with Crippen LogP contribution in [0.25, 0.3) is 0 Å². The van der Waals surface area contributed by atoms with E-state index >= 15 is 0 Å². The normalized spacial score (nSPS) is 11.9. The molecule has 0 fully saturated rings. The fourth-order valence-corrected chi connectivity index (χ4v) is 2.79. The van der Waals surface area contributed by atoms with E-state index in [0.717, 1.165) is 16.2 Å². The summed E-state index contributed by atoms with van der Waals surface area (Å²) in [7, 11) is -1.87. The van der Waals surface area contributed by atoms with Crippen LogP contribution in [0.2, 0.25) is 0 Å². The van der Waals surface area contributed by atoms with Crippen molar-refractivity contribution in [3.05, 3.63) is 72.3 Å². The van der Waals surface area contributed by atoms with Crippen molar-refractivity contribution in [2.24, 2.45) is 0 Å². The molecule has 0 aliphatic heterocycles. The van der Waals surface area contributed by atoms with Gasteiger partial charge in [0.2, 0.25) is 0 Å². The van der Waals surface area contributed by atoms with Crippen molar-refractivity contribution in [1.29, 1.82) is 0 Å². The minimum atomic E-state index is -1.87. The molecule has 2 heterocycles. The molecule has 24 heavy (non-hydrogen) atoms. The molecule has 1 amide bonds. The van der Waals surface area contributed by atoms with Gasteiger partial charge in [0, 0.05) is 6.20 Å². The molecular weight excluding hydrogens is 338 g/mol. The van der Waals surface area contributed by atoms with Crippen LogP contribution in [0.5, 0.6) is 0 Å². The average Bonchev–Trinajstić information content (AvgIpc) is 3.06. The maximum atomic E-state index is 13.2. The van der Waals surface area contributed by atoms with Crippen molar-refractivity contribution in [2.75, 3.05) is 5.32 Å². The van der Waals surface area contributed by atoms with Gasteiger partial charge in [0.15, 0.2) is 22.6 Å². The highest BCUT2D eigenvalue weighted by Crippen LogP contribution is 2.15. The first-order valence-electron chi connectivity index (χ1n) is 6.69. The van der Waals surface area contributed by atoms with Gasteiger partial charge in [0.1, 0.15) is 5.69 Å². The summed E-state index contributed by atoms with van der Waals surface area (Å²) >= 11 is 0. The Bertz CT molecular complexity index is 915. The number of benzene rings is 1. The molecule has 0 aliphatic rings. The SMILES string of the molecule is O=C(Nc1cnn(S(=O)c2ccc(F)c(F)c2)c1)c1ccccn1. The molecule has 6 nitrogen and oxygen atoms in total. The number of halogens is 2. The van der Waals surface area contributed by atoms with Crippen LogP contribution >= 0.6 is 0 Å². The van der Waals surface area contributed by atoms with Gasteiger partial charge in [0.25, 0.3) is 5.91 Å². The second-order valence-corrected chi connectivity index (χ2v) is 5.97. The zero-order chi connectivity index (χ0) is 17.1. The van der Waals surface area contributed by atoms with Crippen molar-refractivity contribution in [2.45, 2.75) is 4.90 Å². The van der Waals surface area contributed by atoms with Crippen molar-refractivity contribution < 1.29 is 17.8 Å². The molecule has 2 aromatic heterocycles. The van der Waals surface area contributed by atoms with E-state index in [1.54, 1.807) is 18.2 Å². The van der Waals surface area contributed by atoms with Crippen molar-refractivity contribution in [1.82, 2.24) is 14.2 Å². The molecular formula is C15H10F2N4O2S. The van der Waals surface area contributed by atoms with E-state index in [1.807, 2.05) is 0 Å². The number of carbonyl (C=O) groups is 1. The Morgan fingerprint density at radius 2 is 2.00 bits per heavy atom. The molecule has 122 valence electrons. The number of anilines is 1. The maximum Gasteiger partial charge on any atom is 0.274 e. The Labute approximate surface area is 137 Å². The first kappa shape index (κ1) is 15.9. The topological polar surface area (TPSA) is 76.9 Å². The van der Waals surface area contributed by atoms with E-state index in [4.69, 9.17) is 0 Å². The zero-order valence-corrected chi connectivity index (χ0v) is 12.8. The number of amides is 1. The van der Waals surface area contributed by atoms with E-state index in [0.29, 0.717) is 5.69 Å². The minimum absolute atomic E-state index is 0.0413. The Hall–Kier alpha value is -2.94. The molecule has 0 saturated heterocycles. The third-order valence-corrected chi connectivity index (χ3v) is 4.17. The minimum Gasteiger partial charge on any atom is -0.318 e. The number of nitrogens with one attached hydrogen (secondary N) is 1. The molecule has 3 rings (SSSR count). The van der Waals surface area contributed by atoms with Crippen molar-refractivity contribution in [3.63, 3.8) is 0 Å². The lowest BCUT2D eigenvalue weighted by molar-refractivity contribution is 0.102. The summed E-state index contributed by atoms with van der Waals surface area (Å²) in [6, 6.07) is 7.81. The smallest absolute Gasteiger partial charge is 0.274 e. The Balaban J connectivity index is 1.76.